The molecule has 0 aromatic carbocycles. The van der Waals surface area contributed by atoms with Crippen LogP contribution in [0.15, 0.2) is 0 Å². The molecule has 0 amide bonds. The quantitative estimate of drug-likeness (QED) is 0.716. The fourth-order valence-corrected chi connectivity index (χ4v) is 4.02. The average molecular weight is 237 g/mol. The van der Waals surface area contributed by atoms with Gasteiger partial charge in [-0.3, -0.25) is 0 Å². The molecule has 17 heavy (non-hydrogen) atoms. The van der Waals surface area contributed by atoms with Crippen LogP contribution >= 0.6 is 0 Å². The van der Waals surface area contributed by atoms with Crippen LogP contribution in [-0.2, 0) is 0 Å². The van der Waals surface area contributed by atoms with Gasteiger partial charge in [0, 0.05) is 6.04 Å². The van der Waals surface area contributed by atoms with Crippen molar-refractivity contribution in [1.29, 1.82) is 0 Å². The Labute approximate surface area is 108 Å². The van der Waals surface area contributed by atoms with Crippen molar-refractivity contribution in [2.75, 3.05) is 6.54 Å². The van der Waals surface area contributed by atoms with E-state index in [1.165, 1.54) is 70.6 Å². The van der Waals surface area contributed by atoms with E-state index in [0.717, 1.165) is 24.4 Å². The van der Waals surface area contributed by atoms with Gasteiger partial charge in [0.1, 0.15) is 0 Å². The van der Waals surface area contributed by atoms with Gasteiger partial charge in [0.2, 0.25) is 0 Å². The molecule has 1 heteroatoms. The standard InChI is InChI=1S/C16H31N/c1-2-17-16(15-10-4-3-5-11-15)13-12-14-8-6-7-9-14/h14-17H,2-13H2,1H3. The van der Waals surface area contributed by atoms with E-state index in [1.807, 2.05) is 0 Å². The summed E-state index contributed by atoms with van der Waals surface area (Å²) in [6.45, 7) is 3.43. The van der Waals surface area contributed by atoms with Crippen LogP contribution in [0.1, 0.15) is 77.6 Å². The van der Waals surface area contributed by atoms with Crippen molar-refractivity contribution in [3.63, 3.8) is 0 Å². The van der Waals surface area contributed by atoms with Crippen LogP contribution in [0.4, 0.5) is 0 Å². The summed E-state index contributed by atoms with van der Waals surface area (Å²) in [4.78, 5) is 0. The maximum Gasteiger partial charge on any atom is 0.00953 e. The molecular weight excluding hydrogens is 206 g/mol. The van der Waals surface area contributed by atoms with Crippen molar-refractivity contribution < 1.29 is 0 Å². The highest BCUT2D eigenvalue weighted by atomic mass is 14.9. The van der Waals surface area contributed by atoms with Crippen LogP contribution in [0.3, 0.4) is 0 Å². The SMILES string of the molecule is CCNC(CCC1CCCC1)C1CCCCC1. The van der Waals surface area contributed by atoms with Crippen molar-refractivity contribution in [2.24, 2.45) is 11.8 Å². The van der Waals surface area contributed by atoms with Gasteiger partial charge in [-0.15, -0.1) is 0 Å². The molecule has 0 aromatic rings. The molecule has 2 saturated carbocycles. The van der Waals surface area contributed by atoms with Crippen LogP contribution in [0.25, 0.3) is 0 Å². The summed E-state index contributed by atoms with van der Waals surface area (Å²) in [7, 11) is 0. The minimum absolute atomic E-state index is 0.834. The topological polar surface area (TPSA) is 12.0 Å². The Morgan fingerprint density at radius 1 is 0.941 bits per heavy atom. The molecule has 1 nitrogen and oxygen atoms in total. The van der Waals surface area contributed by atoms with Crippen molar-refractivity contribution in [3.05, 3.63) is 0 Å². The molecule has 1 N–H and O–H groups in total. The molecular formula is C16H31N. The molecule has 0 heterocycles. The molecule has 0 bridgehead atoms. The highest BCUT2D eigenvalue weighted by Crippen LogP contribution is 2.32. The van der Waals surface area contributed by atoms with Crippen LogP contribution in [0.5, 0.6) is 0 Å². The van der Waals surface area contributed by atoms with Crippen LogP contribution in [0.2, 0.25) is 0 Å². The summed E-state index contributed by atoms with van der Waals surface area (Å²) in [5, 5.41) is 3.78. The monoisotopic (exact) mass is 237 g/mol. The molecule has 2 aliphatic carbocycles. The molecule has 2 fully saturated rings. The lowest BCUT2D eigenvalue weighted by Gasteiger charge is -2.31. The first-order valence-electron chi connectivity index (χ1n) is 8.13. The molecule has 2 rings (SSSR count). The minimum atomic E-state index is 0.834. The van der Waals surface area contributed by atoms with Gasteiger partial charge in [0.05, 0.1) is 0 Å². The zero-order valence-electron chi connectivity index (χ0n) is 11.7. The van der Waals surface area contributed by atoms with Crippen molar-refractivity contribution >= 4 is 0 Å². The fraction of sp³-hybridized carbons (Fsp3) is 1.00. The molecule has 0 aliphatic heterocycles. The van der Waals surface area contributed by atoms with Crippen LogP contribution in [0, 0.1) is 11.8 Å². The minimum Gasteiger partial charge on any atom is -0.314 e. The summed E-state index contributed by atoms with van der Waals surface area (Å²) in [5.41, 5.74) is 0. The second kappa shape index (κ2) is 7.41. The number of nitrogens with one attached hydrogen (secondary N) is 1. The van der Waals surface area contributed by atoms with E-state index in [4.69, 9.17) is 0 Å². The maximum atomic E-state index is 3.78. The third kappa shape index (κ3) is 4.28. The van der Waals surface area contributed by atoms with Gasteiger partial charge in [-0.2, -0.15) is 0 Å². The average Bonchev–Trinajstić information content (AvgIpc) is 2.88. The van der Waals surface area contributed by atoms with E-state index < -0.39 is 0 Å². The summed E-state index contributed by atoms with van der Waals surface area (Å²) in [5.74, 6) is 2.06. The number of rotatable bonds is 6. The van der Waals surface area contributed by atoms with Crippen LogP contribution < -0.4 is 5.32 Å². The van der Waals surface area contributed by atoms with Crippen molar-refractivity contribution in [3.8, 4) is 0 Å². The Morgan fingerprint density at radius 3 is 2.24 bits per heavy atom. The summed E-state index contributed by atoms with van der Waals surface area (Å²) in [6.07, 6.45) is 16.4. The second-order valence-corrected chi connectivity index (χ2v) is 6.29. The summed E-state index contributed by atoms with van der Waals surface area (Å²) >= 11 is 0. The van der Waals surface area contributed by atoms with Gasteiger partial charge < -0.3 is 5.32 Å². The largest absolute Gasteiger partial charge is 0.314 e. The van der Waals surface area contributed by atoms with Crippen LogP contribution in [-0.4, -0.2) is 12.6 Å². The van der Waals surface area contributed by atoms with E-state index in [-0.39, 0.29) is 0 Å². The zero-order valence-corrected chi connectivity index (χ0v) is 11.7. The third-order valence-electron chi connectivity index (χ3n) is 5.05. The predicted octanol–water partition coefficient (Wildman–Crippen LogP) is 4.52. The Bertz CT molecular complexity index is 190. The molecule has 1 atom stereocenters. The van der Waals surface area contributed by atoms with Gasteiger partial charge in [0.25, 0.3) is 0 Å². The lowest BCUT2D eigenvalue weighted by molar-refractivity contribution is 0.248. The van der Waals surface area contributed by atoms with Gasteiger partial charge in [0.15, 0.2) is 0 Å². The van der Waals surface area contributed by atoms with Gasteiger partial charge in [-0.05, 0) is 44.1 Å². The maximum absolute atomic E-state index is 3.78. The third-order valence-corrected chi connectivity index (χ3v) is 5.05. The molecule has 0 spiro atoms. The number of hydrogen-bond acceptors (Lipinski definition) is 1. The summed E-state index contributed by atoms with van der Waals surface area (Å²) < 4.78 is 0. The zero-order chi connectivity index (χ0) is 11.9. The van der Waals surface area contributed by atoms with E-state index in [0.29, 0.717) is 0 Å². The molecule has 1 unspecified atom stereocenters. The second-order valence-electron chi connectivity index (χ2n) is 6.29. The van der Waals surface area contributed by atoms with Gasteiger partial charge in [-0.1, -0.05) is 51.9 Å². The highest BCUT2D eigenvalue weighted by Gasteiger charge is 2.24. The fourth-order valence-electron chi connectivity index (χ4n) is 4.02. The van der Waals surface area contributed by atoms with Crippen molar-refractivity contribution in [2.45, 2.75) is 83.6 Å². The predicted molar refractivity (Wildman–Crippen MR) is 75.2 cm³/mol. The normalized spacial score (nSPS) is 25.2. The Hall–Kier alpha value is -0.0400. The van der Waals surface area contributed by atoms with E-state index in [2.05, 4.69) is 12.2 Å². The number of hydrogen-bond donors (Lipinski definition) is 1. The molecule has 0 aromatic heterocycles. The molecule has 0 radical (unpaired) electrons. The van der Waals surface area contributed by atoms with Crippen molar-refractivity contribution in [1.82, 2.24) is 5.32 Å². The Morgan fingerprint density at radius 2 is 1.59 bits per heavy atom. The lowest BCUT2D eigenvalue weighted by atomic mass is 9.81. The van der Waals surface area contributed by atoms with Gasteiger partial charge >= 0.3 is 0 Å². The van der Waals surface area contributed by atoms with E-state index >= 15 is 0 Å². The molecule has 2 aliphatic rings. The molecule has 0 saturated heterocycles. The Kier molecular flexibility index (Phi) is 5.84. The van der Waals surface area contributed by atoms with Gasteiger partial charge in [-0.25, -0.2) is 0 Å². The Balaban J connectivity index is 1.74. The first-order chi connectivity index (χ1) is 8.40. The smallest absolute Gasteiger partial charge is 0.00953 e. The first kappa shape index (κ1) is 13.4. The molecule has 100 valence electrons. The summed E-state index contributed by atoms with van der Waals surface area (Å²) in [6, 6.07) is 0.834. The lowest BCUT2D eigenvalue weighted by Crippen LogP contribution is -2.37. The van der Waals surface area contributed by atoms with E-state index in [1.54, 1.807) is 0 Å². The first-order valence-corrected chi connectivity index (χ1v) is 8.13. The highest BCUT2D eigenvalue weighted by molar-refractivity contribution is 4.80. The van der Waals surface area contributed by atoms with E-state index in [9.17, 15) is 0 Å².